The molecule has 37 heavy (non-hydrogen) atoms. The summed E-state index contributed by atoms with van der Waals surface area (Å²) in [6.07, 6.45) is -0.277. The van der Waals surface area contributed by atoms with E-state index >= 15 is 0 Å². The number of imidazole rings is 1. The number of piperidine rings is 1. The molecule has 2 atom stereocenters. The number of hydrogen-bond acceptors (Lipinski definition) is 7. The molecule has 3 aromatic rings. The molecule has 0 radical (unpaired) electrons. The number of rotatable bonds is 9. The topological polar surface area (TPSA) is 113 Å². The molecular formula is C25H32F3N7O2. The van der Waals surface area contributed by atoms with Crippen LogP contribution in [-0.2, 0) is 24.1 Å². The Hall–Kier alpha value is -3.25. The van der Waals surface area contributed by atoms with Crippen molar-refractivity contribution >= 4 is 22.9 Å². The van der Waals surface area contributed by atoms with E-state index in [9.17, 15) is 23.1 Å². The minimum absolute atomic E-state index is 0.00581. The Morgan fingerprint density at radius 2 is 1.95 bits per heavy atom. The lowest BCUT2D eigenvalue weighted by Gasteiger charge is -2.35. The Labute approximate surface area is 213 Å². The van der Waals surface area contributed by atoms with Crippen LogP contribution in [0.3, 0.4) is 0 Å². The molecule has 4 rings (SSSR count). The van der Waals surface area contributed by atoms with Gasteiger partial charge in [-0.1, -0.05) is 12.1 Å². The molecule has 1 fully saturated rings. The summed E-state index contributed by atoms with van der Waals surface area (Å²) < 4.78 is 40.8. The number of likely N-dealkylation sites (tertiary alicyclic amines) is 1. The Balaban J connectivity index is 1.48. The van der Waals surface area contributed by atoms with Crippen molar-refractivity contribution in [2.45, 2.75) is 58.1 Å². The standard InChI is InChI=1S/C25H32F3N7O2/c1-16(2)35(11-17-3-5-19(6-4-17)25(26,27)28)24-22-23(30-14-31-24)34(15-32-22)10-8-18-7-9-33(12-20(18)36)13-21(29)37/h3-6,14-16,18,20,36H,7-13H2,1-2H3,(H2,29,37)/t18-,20+/m0/s1. The van der Waals surface area contributed by atoms with Gasteiger partial charge in [0.2, 0.25) is 5.91 Å². The quantitative estimate of drug-likeness (QED) is 0.447. The number of aliphatic hydroxyl groups excluding tert-OH is 1. The molecule has 0 aliphatic carbocycles. The first-order valence-electron chi connectivity index (χ1n) is 12.3. The molecule has 200 valence electrons. The molecule has 0 unspecified atom stereocenters. The molecule has 1 aliphatic rings. The second-order valence-corrected chi connectivity index (χ2v) is 9.83. The van der Waals surface area contributed by atoms with Crippen molar-refractivity contribution in [1.29, 1.82) is 0 Å². The van der Waals surface area contributed by atoms with Crippen LogP contribution in [0.2, 0.25) is 0 Å². The van der Waals surface area contributed by atoms with Crippen molar-refractivity contribution in [3.8, 4) is 0 Å². The minimum Gasteiger partial charge on any atom is -0.392 e. The molecule has 3 heterocycles. The Morgan fingerprint density at radius 1 is 1.22 bits per heavy atom. The number of amides is 1. The first-order valence-corrected chi connectivity index (χ1v) is 12.3. The molecule has 1 aromatic carbocycles. The summed E-state index contributed by atoms with van der Waals surface area (Å²) in [6, 6.07) is 5.15. The molecule has 1 aliphatic heterocycles. The minimum atomic E-state index is -4.38. The third-order valence-corrected chi connectivity index (χ3v) is 6.84. The molecule has 12 heteroatoms. The van der Waals surface area contributed by atoms with Gasteiger partial charge in [0.1, 0.15) is 6.33 Å². The Bertz CT molecular complexity index is 1210. The van der Waals surface area contributed by atoms with E-state index < -0.39 is 23.8 Å². The van der Waals surface area contributed by atoms with E-state index in [0.29, 0.717) is 43.2 Å². The van der Waals surface area contributed by atoms with Crippen LogP contribution in [0.25, 0.3) is 11.2 Å². The molecule has 3 N–H and O–H groups in total. The fourth-order valence-electron chi connectivity index (χ4n) is 4.79. The number of aryl methyl sites for hydroxylation is 1. The van der Waals surface area contributed by atoms with E-state index in [1.807, 2.05) is 28.2 Å². The van der Waals surface area contributed by atoms with Gasteiger partial charge in [0.15, 0.2) is 17.0 Å². The van der Waals surface area contributed by atoms with E-state index in [2.05, 4.69) is 15.0 Å². The molecule has 0 saturated carbocycles. The van der Waals surface area contributed by atoms with Gasteiger partial charge < -0.3 is 20.3 Å². The number of primary amides is 1. The zero-order valence-electron chi connectivity index (χ0n) is 20.9. The Morgan fingerprint density at radius 3 is 2.57 bits per heavy atom. The fraction of sp³-hybridized carbons (Fsp3) is 0.520. The maximum atomic E-state index is 12.9. The third kappa shape index (κ3) is 6.37. The van der Waals surface area contributed by atoms with Gasteiger partial charge in [0.25, 0.3) is 0 Å². The summed E-state index contributed by atoms with van der Waals surface area (Å²) in [5.41, 5.74) is 6.58. The predicted molar refractivity (Wildman–Crippen MR) is 132 cm³/mol. The van der Waals surface area contributed by atoms with Crippen LogP contribution in [0.4, 0.5) is 19.0 Å². The molecule has 1 amide bonds. The number of fused-ring (bicyclic) bond motifs is 1. The summed E-state index contributed by atoms with van der Waals surface area (Å²) in [6.45, 7) is 6.21. The van der Waals surface area contributed by atoms with Crippen LogP contribution in [0.5, 0.6) is 0 Å². The number of aliphatic hydroxyl groups is 1. The number of hydrogen-bond donors (Lipinski definition) is 2. The van der Waals surface area contributed by atoms with Crippen LogP contribution in [-0.4, -0.2) is 67.2 Å². The lowest BCUT2D eigenvalue weighted by Crippen LogP contribution is -2.47. The summed E-state index contributed by atoms with van der Waals surface area (Å²) in [5.74, 6) is 0.285. The smallest absolute Gasteiger partial charge is 0.392 e. The molecule has 9 nitrogen and oxygen atoms in total. The average Bonchev–Trinajstić information content (AvgIpc) is 3.24. The van der Waals surface area contributed by atoms with Crippen LogP contribution < -0.4 is 10.6 Å². The van der Waals surface area contributed by atoms with E-state index in [0.717, 1.165) is 30.5 Å². The van der Waals surface area contributed by atoms with Crippen molar-refractivity contribution in [3.63, 3.8) is 0 Å². The van der Waals surface area contributed by atoms with Crippen LogP contribution in [0.15, 0.2) is 36.9 Å². The highest BCUT2D eigenvalue weighted by molar-refractivity contribution is 5.83. The van der Waals surface area contributed by atoms with Crippen molar-refractivity contribution < 1.29 is 23.1 Å². The number of carbonyl (C=O) groups excluding carboxylic acids is 1. The molecular weight excluding hydrogens is 487 g/mol. The summed E-state index contributed by atoms with van der Waals surface area (Å²) >= 11 is 0. The van der Waals surface area contributed by atoms with Gasteiger partial charge in [-0.15, -0.1) is 0 Å². The summed E-state index contributed by atoms with van der Waals surface area (Å²) in [5, 5.41) is 10.6. The second-order valence-electron chi connectivity index (χ2n) is 9.83. The van der Waals surface area contributed by atoms with Crippen molar-refractivity contribution in [1.82, 2.24) is 24.4 Å². The van der Waals surface area contributed by atoms with Gasteiger partial charge >= 0.3 is 6.18 Å². The number of β-amino-alcohol motifs (C(OH)–C–C–N with tert-alkyl or cyclic N) is 1. The highest BCUT2D eigenvalue weighted by Gasteiger charge is 2.30. The number of aromatic nitrogens is 4. The fourth-order valence-corrected chi connectivity index (χ4v) is 4.79. The Kier molecular flexibility index (Phi) is 7.98. The predicted octanol–water partition coefficient (Wildman–Crippen LogP) is 2.82. The van der Waals surface area contributed by atoms with Crippen LogP contribution in [0.1, 0.15) is 37.8 Å². The lowest BCUT2D eigenvalue weighted by molar-refractivity contribution is -0.137. The van der Waals surface area contributed by atoms with Gasteiger partial charge in [-0.3, -0.25) is 9.69 Å². The second kappa shape index (κ2) is 11.0. The molecule has 0 bridgehead atoms. The third-order valence-electron chi connectivity index (χ3n) is 6.84. The molecule has 1 saturated heterocycles. The van der Waals surface area contributed by atoms with Crippen molar-refractivity contribution in [3.05, 3.63) is 48.0 Å². The van der Waals surface area contributed by atoms with E-state index in [1.54, 1.807) is 6.33 Å². The zero-order chi connectivity index (χ0) is 26.7. The van der Waals surface area contributed by atoms with E-state index in [4.69, 9.17) is 5.73 Å². The van der Waals surface area contributed by atoms with Crippen molar-refractivity contribution in [2.24, 2.45) is 11.7 Å². The van der Waals surface area contributed by atoms with Crippen LogP contribution >= 0.6 is 0 Å². The van der Waals surface area contributed by atoms with Gasteiger partial charge in [0, 0.05) is 25.7 Å². The highest BCUT2D eigenvalue weighted by Crippen LogP contribution is 2.30. The number of halogens is 3. The molecule has 2 aromatic heterocycles. The largest absolute Gasteiger partial charge is 0.416 e. The van der Waals surface area contributed by atoms with Gasteiger partial charge in [0.05, 0.1) is 24.5 Å². The zero-order valence-corrected chi connectivity index (χ0v) is 20.9. The lowest BCUT2D eigenvalue weighted by atomic mass is 9.91. The van der Waals surface area contributed by atoms with Crippen LogP contribution in [0, 0.1) is 5.92 Å². The molecule has 0 spiro atoms. The number of benzene rings is 1. The number of nitrogens with zero attached hydrogens (tertiary/aromatic N) is 6. The number of carbonyl (C=O) groups is 1. The number of nitrogens with two attached hydrogens (primary N) is 1. The SMILES string of the molecule is CC(C)N(Cc1ccc(C(F)(F)F)cc1)c1ncnc2c1ncn2CC[C@@H]1CCN(CC(N)=O)C[C@H]1O. The maximum Gasteiger partial charge on any atom is 0.416 e. The summed E-state index contributed by atoms with van der Waals surface area (Å²) in [7, 11) is 0. The van der Waals surface area contributed by atoms with Crippen molar-refractivity contribution in [2.75, 3.05) is 24.5 Å². The first kappa shape index (κ1) is 26.8. The number of alkyl halides is 3. The van der Waals surface area contributed by atoms with Gasteiger partial charge in [-0.2, -0.15) is 13.2 Å². The van der Waals surface area contributed by atoms with E-state index in [-0.39, 0.29) is 18.5 Å². The van der Waals surface area contributed by atoms with E-state index in [1.165, 1.54) is 18.5 Å². The van der Waals surface area contributed by atoms with Gasteiger partial charge in [-0.05, 0) is 56.8 Å². The monoisotopic (exact) mass is 519 g/mol. The average molecular weight is 520 g/mol. The summed E-state index contributed by atoms with van der Waals surface area (Å²) in [4.78, 5) is 28.5. The highest BCUT2D eigenvalue weighted by atomic mass is 19.4. The maximum absolute atomic E-state index is 12.9. The number of anilines is 1. The first-order chi connectivity index (χ1) is 17.5. The van der Waals surface area contributed by atoms with Gasteiger partial charge in [-0.25, -0.2) is 15.0 Å². The normalized spacial score (nSPS) is 19.0.